The highest BCUT2D eigenvalue weighted by atomic mass is 16.5. The van der Waals surface area contributed by atoms with Crippen molar-refractivity contribution in [1.82, 2.24) is 9.55 Å². The fourth-order valence-electron chi connectivity index (χ4n) is 2.35. The van der Waals surface area contributed by atoms with Crippen LogP contribution in [0.4, 0.5) is 5.82 Å². The Hall–Kier alpha value is -3.41. The zero-order valence-electron chi connectivity index (χ0n) is 13.9. The molecule has 25 heavy (non-hydrogen) atoms. The molecule has 126 valence electrons. The second-order valence-corrected chi connectivity index (χ2v) is 5.47. The summed E-state index contributed by atoms with van der Waals surface area (Å²) in [6.45, 7) is 1.94. The summed E-state index contributed by atoms with van der Waals surface area (Å²) in [5, 5.41) is 2.57. The highest BCUT2D eigenvalue weighted by Gasteiger charge is 2.12. The predicted octanol–water partition coefficient (Wildman–Crippen LogP) is 2.80. The van der Waals surface area contributed by atoms with Crippen molar-refractivity contribution in [2.24, 2.45) is 0 Å². The number of aromatic nitrogens is 2. The van der Waals surface area contributed by atoms with Gasteiger partial charge in [-0.1, -0.05) is 23.8 Å². The second kappa shape index (κ2) is 7.00. The van der Waals surface area contributed by atoms with Gasteiger partial charge in [0, 0.05) is 24.0 Å². The number of benzene rings is 2. The van der Waals surface area contributed by atoms with Gasteiger partial charge in [0.25, 0.3) is 11.5 Å². The number of nitrogens with one attached hydrogen (secondary N) is 1. The Balaban J connectivity index is 1.92. The maximum absolute atomic E-state index is 12.6. The van der Waals surface area contributed by atoms with E-state index in [0.717, 1.165) is 5.56 Å². The van der Waals surface area contributed by atoms with Crippen LogP contribution in [0.1, 0.15) is 15.9 Å². The Bertz CT molecular complexity index is 962. The van der Waals surface area contributed by atoms with Crippen LogP contribution in [0.3, 0.4) is 0 Å². The Morgan fingerprint density at radius 2 is 1.92 bits per heavy atom. The molecule has 2 aromatic carbocycles. The second-order valence-electron chi connectivity index (χ2n) is 5.47. The van der Waals surface area contributed by atoms with Crippen molar-refractivity contribution >= 4 is 11.7 Å². The van der Waals surface area contributed by atoms with E-state index in [1.165, 1.54) is 10.8 Å². The van der Waals surface area contributed by atoms with E-state index in [1.54, 1.807) is 49.7 Å². The number of carbonyl (C=O) groups is 1. The number of nitrogens with zero attached hydrogens (tertiary/aromatic N) is 2. The number of amides is 1. The minimum absolute atomic E-state index is 0.0316. The molecule has 0 spiro atoms. The maximum atomic E-state index is 12.6. The Kier molecular flexibility index (Phi) is 4.61. The first kappa shape index (κ1) is 16.4. The van der Waals surface area contributed by atoms with E-state index < -0.39 is 5.56 Å². The molecule has 1 amide bonds. The molecule has 0 radical (unpaired) electrons. The minimum atomic E-state index is -0.420. The van der Waals surface area contributed by atoms with Gasteiger partial charge in [0.05, 0.1) is 12.8 Å². The number of anilines is 1. The molecule has 0 aliphatic carbocycles. The summed E-state index contributed by atoms with van der Waals surface area (Å²) in [4.78, 5) is 28.9. The van der Waals surface area contributed by atoms with E-state index in [1.807, 2.05) is 19.1 Å². The number of ether oxygens (including phenoxy) is 1. The van der Waals surface area contributed by atoms with Crippen molar-refractivity contribution in [2.75, 3.05) is 12.4 Å². The van der Waals surface area contributed by atoms with Crippen LogP contribution in [0.5, 0.6) is 5.75 Å². The predicted molar refractivity (Wildman–Crippen MR) is 95.5 cm³/mol. The fraction of sp³-hybridized carbons (Fsp3) is 0.105. The summed E-state index contributed by atoms with van der Waals surface area (Å²) in [5.74, 6) is 0.218. The molecule has 3 aromatic rings. The Labute approximate surface area is 144 Å². The van der Waals surface area contributed by atoms with Gasteiger partial charge in [0.15, 0.2) is 5.82 Å². The molecule has 6 nitrogen and oxygen atoms in total. The normalized spacial score (nSPS) is 10.3. The molecule has 0 saturated carbocycles. The lowest BCUT2D eigenvalue weighted by Gasteiger charge is -2.09. The van der Waals surface area contributed by atoms with Crippen molar-refractivity contribution < 1.29 is 9.53 Å². The summed E-state index contributed by atoms with van der Waals surface area (Å²) in [7, 11) is 1.56. The maximum Gasteiger partial charge on any atom is 0.298 e. The highest BCUT2D eigenvalue weighted by Crippen LogP contribution is 2.15. The molecule has 1 aromatic heterocycles. The standard InChI is InChI=1S/C19H17N3O3/c1-13-6-8-14(9-7-13)18(23)21-17-19(24)22(11-10-20-17)15-4-3-5-16(12-15)25-2/h3-12H,1-2H3,(H,20,21,23). The molecule has 0 bridgehead atoms. The van der Waals surface area contributed by atoms with Crippen molar-refractivity contribution in [2.45, 2.75) is 6.92 Å². The van der Waals surface area contributed by atoms with Gasteiger partial charge < -0.3 is 10.1 Å². The van der Waals surface area contributed by atoms with Crippen molar-refractivity contribution in [3.05, 3.63) is 82.4 Å². The summed E-state index contributed by atoms with van der Waals surface area (Å²) in [6.07, 6.45) is 3.00. The average Bonchev–Trinajstić information content (AvgIpc) is 2.64. The van der Waals surface area contributed by atoms with Crippen LogP contribution in [0.25, 0.3) is 5.69 Å². The van der Waals surface area contributed by atoms with E-state index >= 15 is 0 Å². The number of hydrogen-bond acceptors (Lipinski definition) is 4. The highest BCUT2D eigenvalue weighted by molar-refractivity contribution is 6.03. The van der Waals surface area contributed by atoms with Gasteiger partial charge in [-0.2, -0.15) is 0 Å². The van der Waals surface area contributed by atoms with Gasteiger partial charge in [-0.25, -0.2) is 4.98 Å². The van der Waals surface area contributed by atoms with Gasteiger partial charge in [0.2, 0.25) is 0 Å². The first-order valence-electron chi connectivity index (χ1n) is 7.68. The lowest BCUT2D eigenvalue weighted by Crippen LogP contribution is -2.26. The number of aryl methyl sites for hydroxylation is 1. The van der Waals surface area contributed by atoms with Crippen LogP contribution in [0.2, 0.25) is 0 Å². The van der Waals surface area contributed by atoms with Crippen LogP contribution in [-0.2, 0) is 0 Å². The molecule has 0 atom stereocenters. The van der Waals surface area contributed by atoms with Crippen molar-refractivity contribution in [3.63, 3.8) is 0 Å². The number of rotatable bonds is 4. The lowest BCUT2D eigenvalue weighted by atomic mass is 10.1. The van der Waals surface area contributed by atoms with E-state index in [2.05, 4.69) is 10.3 Å². The zero-order chi connectivity index (χ0) is 17.8. The average molecular weight is 335 g/mol. The number of hydrogen-bond donors (Lipinski definition) is 1. The van der Waals surface area contributed by atoms with Crippen LogP contribution in [0, 0.1) is 6.92 Å². The van der Waals surface area contributed by atoms with Crippen LogP contribution in [-0.4, -0.2) is 22.6 Å². The van der Waals surface area contributed by atoms with E-state index in [-0.39, 0.29) is 11.7 Å². The monoisotopic (exact) mass is 335 g/mol. The summed E-state index contributed by atoms with van der Waals surface area (Å²) < 4.78 is 6.58. The molecule has 0 unspecified atom stereocenters. The van der Waals surface area contributed by atoms with Gasteiger partial charge in [0.1, 0.15) is 5.75 Å². The SMILES string of the molecule is COc1cccc(-n2ccnc(NC(=O)c3ccc(C)cc3)c2=O)c1. The molecule has 0 aliphatic rings. The fourth-order valence-corrected chi connectivity index (χ4v) is 2.35. The van der Waals surface area contributed by atoms with E-state index in [9.17, 15) is 9.59 Å². The summed E-state index contributed by atoms with van der Waals surface area (Å²) >= 11 is 0. The molecule has 0 saturated heterocycles. The van der Waals surface area contributed by atoms with Gasteiger partial charge in [-0.3, -0.25) is 14.2 Å². The molecular formula is C19H17N3O3. The third-order valence-electron chi connectivity index (χ3n) is 3.72. The zero-order valence-corrected chi connectivity index (χ0v) is 13.9. The van der Waals surface area contributed by atoms with Crippen molar-refractivity contribution in [3.8, 4) is 11.4 Å². The van der Waals surface area contributed by atoms with E-state index in [4.69, 9.17) is 4.74 Å². The molecule has 1 N–H and O–H groups in total. The van der Waals surface area contributed by atoms with Gasteiger partial charge in [-0.05, 0) is 31.2 Å². The third-order valence-corrected chi connectivity index (χ3v) is 3.72. The smallest absolute Gasteiger partial charge is 0.298 e. The molecular weight excluding hydrogens is 318 g/mol. The summed E-state index contributed by atoms with van der Waals surface area (Å²) in [5.41, 5.74) is 1.71. The number of methoxy groups -OCH3 is 1. The molecule has 6 heteroatoms. The first-order valence-corrected chi connectivity index (χ1v) is 7.68. The Morgan fingerprint density at radius 1 is 1.16 bits per heavy atom. The quantitative estimate of drug-likeness (QED) is 0.796. The topological polar surface area (TPSA) is 73.2 Å². The van der Waals surface area contributed by atoms with Crippen LogP contribution >= 0.6 is 0 Å². The molecule has 0 aliphatic heterocycles. The minimum Gasteiger partial charge on any atom is -0.497 e. The number of carbonyl (C=O) groups excluding carboxylic acids is 1. The van der Waals surface area contributed by atoms with E-state index in [0.29, 0.717) is 17.0 Å². The lowest BCUT2D eigenvalue weighted by molar-refractivity contribution is 0.102. The molecule has 0 fully saturated rings. The van der Waals surface area contributed by atoms with Gasteiger partial charge >= 0.3 is 0 Å². The van der Waals surface area contributed by atoms with Crippen LogP contribution < -0.4 is 15.6 Å². The Morgan fingerprint density at radius 3 is 2.64 bits per heavy atom. The first-order chi connectivity index (χ1) is 12.1. The largest absolute Gasteiger partial charge is 0.497 e. The molecule has 3 rings (SSSR count). The van der Waals surface area contributed by atoms with Crippen LogP contribution in [0.15, 0.2) is 65.7 Å². The van der Waals surface area contributed by atoms with Crippen molar-refractivity contribution in [1.29, 1.82) is 0 Å². The van der Waals surface area contributed by atoms with Gasteiger partial charge in [-0.15, -0.1) is 0 Å². The summed E-state index contributed by atoms with van der Waals surface area (Å²) in [6, 6.07) is 14.1. The third kappa shape index (κ3) is 3.58. The molecule has 1 heterocycles.